The average Bonchev–Trinajstić information content (AvgIpc) is 2.97. The number of hydrogen-bond acceptors (Lipinski definition) is 5. The summed E-state index contributed by atoms with van der Waals surface area (Å²) < 4.78 is 5.21. The zero-order chi connectivity index (χ0) is 26.1. The number of nitrogens with zero attached hydrogens (tertiary/aromatic N) is 3. The Labute approximate surface area is 213 Å². The maximum Gasteiger partial charge on any atom is 0.308 e. The minimum Gasteiger partial charge on any atom is -0.466 e. The van der Waals surface area contributed by atoms with Gasteiger partial charge in [-0.2, -0.15) is 5.26 Å². The Balaban J connectivity index is 2.01. The van der Waals surface area contributed by atoms with Crippen LogP contribution in [-0.4, -0.2) is 41.9 Å². The summed E-state index contributed by atoms with van der Waals surface area (Å²) in [5.74, 6) is -0.875. The van der Waals surface area contributed by atoms with Gasteiger partial charge in [0.2, 0.25) is 5.91 Å². The Morgan fingerprint density at radius 3 is 2.50 bits per heavy atom. The fourth-order valence-electron chi connectivity index (χ4n) is 4.69. The standard InChI is InChI=1S/C29H35N3O4/c1-4-36-28(34)19-26(23-13-9-7-10-14-23)31-20-27(33)32(21(2)3)25-16-15-22(18-24(25)29(31)35)12-8-5-6-11-17-30/h7,9-10,13-16,18,21,26H,4-6,8,11-12,19-20H2,1-3H3. The number of carbonyl (C=O) groups is 3. The Hall–Kier alpha value is -3.66. The molecule has 1 atom stereocenters. The van der Waals surface area contributed by atoms with Crippen molar-refractivity contribution < 1.29 is 19.1 Å². The second-order valence-corrected chi connectivity index (χ2v) is 9.30. The number of carbonyl (C=O) groups excluding carboxylic acids is 3. The lowest BCUT2D eigenvalue weighted by Crippen LogP contribution is -2.44. The van der Waals surface area contributed by atoms with Crippen molar-refractivity contribution in [1.82, 2.24) is 4.90 Å². The van der Waals surface area contributed by atoms with E-state index in [1.165, 1.54) is 4.90 Å². The maximum atomic E-state index is 14.0. The molecule has 1 unspecified atom stereocenters. The van der Waals surface area contributed by atoms with Crippen LogP contribution in [0.25, 0.3) is 0 Å². The van der Waals surface area contributed by atoms with E-state index < -0.39 is 12.0 Å². The van der Waals surface area contributed by atoms with Crippen LogP contribution in [0, 0.1) is 11.3 Å². The van der Waals surface area contributed by atoms with Gasteiger partial charge in [0, 0.05) is 12.5 Å². The van der Waals surface area contributed by atoms with Crippen LogP contribution in [-0.2, 0) is 20.7 Å². The molecular weight excluding hydrogens is 454 g/mol. The lowest BCUT2D eigenvalue weighted by molar-refractivity contribution is -0.144. The molecule has 0 spiro atoms. The molecule has 0 fully saturated rings. The minimum absolute atomic E-state index is 0.0352. The third-order valence-corrected chi connectivity index (χ3v) is 6.38. The van der Waals surface area contributed by atoms with Crippen molar-refractivity contribution >= 4 is 23.5 Å². The van der Waals surface area contributed by atoms with Crippen molar-refractivity contribution in [2.24, 2.45) is 0 Å². The van der Waals surface area contributed by atoms with Crippen molar-refractivity contribution in [2.45, 2.75) is 71.4 Å². The van der Waals surface area contributed by atoms with E-state index in [1.54, 1.807) is 11.8 Å². The van der Waals surface area contributed by atoms with Gasteiger partial charge < -0.3 is 14.5 Å². The van der Waals surface area contributed by atoms with Gasteiger partial charge in [0.1, 0.15) is 6.54 Å². The summed E-state index contributed by atoms with van der Waals surface area (Å²) in [5.41, 5.74) is 2.85. The van der Waals surface area contributed by atoms with E-state index in [9.17, 15) is 14.4 Å². The second kappa shape index (κ2) is 12.9. The van der Waals surface area contributed by atoms with Crippen LogP contribution >= 0.6 is 0 Å². The number of nitriles is 1. The van der Waals surface area contributed by atoms with Crippen LogP contribution in [0.5, 0.6) is 0 Å². The third kappa shape index (κ3) is 6.51. The number of anilines is 1. The molecule has 0 radical (unpaired) electrons. The summed E-state index contributed by atoms with van der Waals surface area (Å²) in [5, 5.41) is 8.75. The summed E-state index contributed by atoms with van der Waals surface area (Å²) >= 11 is 0. The van der Waals surface area contributed by atoms with E-state index in [0.717, 1.165) is 36.8 Å². The molecule has 0 saturated heterocycles. The van der Waals surface area contributed by atoms with Gasteiger partial charge in [0.15, 0.2) is 0 Å². The SMILES string of the molecule is CCOC(=O)CC(c1ccccc1)N1CC(=O)N(C(C)C)c2ccc(CCCCCC#N)cc2C1=O. The summed E-state index contributed by atoms with van der Waals surface area (Å²) in [4.78, 5) is 43.2. The van der Waals surface area contributed by atoms with E-state index in [2.05, 4.69) is 6.07 Å². The van der Waals surface area contributed by atoms with Gasteiger partial charge in [-0.05, 0) is 63.3 Å². The van der Waals surface area contributed by atoms with Crippen LogP contribution < -0.4 is 4.90 Å². The summed E-state index contributed by atoms with van der Waals surface area (Å²) in [7, 11) is 0. The molecule has 0 bridgehead atoms. The maximum absolute atomic E-state index is 14.0. The van der Waals surface area contributed by atoms with Crippen molar-refractivity contribution in [2.75, 3.05) is 18.1 Å². The molecule has 2 aromatic rings. The molecule has 0 aromatic heterocycles. The van der Waals surface area contributed by atoms with Gasteiger partial charge in [-0.25, -0.2) is 0 Å². The van der Waals surface area contributed by atoms with Crippen molar-refractivity contribution in [1.29, 1.82) is 5.26 Å². The first-order chi connectivity index (χ1) is 17.4. The predicted octanol–water partition coefficient (Wildman–Crippen LogP) is 5.20. The smallest absolute Gasteiger partial charge is 0.308 e. The largest absolute Gasteiger partial charge is 0.466 e. The monoisotopic (exact) mass is 489 g/mol. The molecule has 0 saturated carbocycles. The molecule has 3 rings (SSSR count). The second-order valence-electron chi connectivity index (χ2n) is 9.30. The zero-order valence-corrected chi connectivity index (χ0v) is 21.4. The fraction of sp³-hybridized carbons (Fsp3) is 0.448. The van der Waals surface area contributed by atoms with Crippen molar-refractivity contribution in [3.05, 3.63) is 65.2 Å². The molecule has 1 aliphatic heterocycles. The Kier molecular flexibility index (Phi) is 9.63. The quantitative estimate of drug-likeness (QED) is 0.319. The fourth-order valence-corrected chi connectivity index (χ4v) is 4.69. The number of ether oxygens (including phenoxy) is 1. The number of esters is 1. The third-order valence-electron chi connectivity index (χ3n) is 6.38. The normalized spacial score (nSPS) is 14.3. The van der Waals surface area contributed by atoms with Crippen LogP contribution in [0.15, 0.2) is 48.5 Å². The van der Waals surface area contributed by atoms with Crippen LogP contribution in [0.1, 0.15) is 80.4 Å². The van der Waals surface area contributed by atoms with Gasteiger partial charge in [0.05, 0.1) is 36.4 Å². The number of amides is 2. The lowest BCUT2D eigenvalue weighted by Gasteiger charge is -2.31. The Bertz CT molecular complexity index is 1110. The number of fused-ring (bicyclic) bond motifs is 1. The topological polar surface area (TPSA) is 90.7 Å². The van der Waals surface area contributed by atoms with E-state index in [-0.39, 0.29) is 37.4 Å². The summed E-state index contributed by atoms with van der Waals surface area (Å²) in [6, 6.07) is 16.4. The zero-order valence-electron chi connectivity index (χ0n) is 21.4. The van der Waals surface area contributed by atoms with Gasteiger partial charge in [-0.1, -0.05) is 42.8 Å². The summed E-state index contributed by atoms with van der Waals surface area (Å²) in [6.07, 6.45) is 4.01. The highest BCUT2D eigenvalue weighted by molar-refractivity contribution is 6.10. The first kappa shape index (κ1) is 26.9. The number of rotatable bonds is 11. The van der Waals surface area contributed by atoms with Crippen LogP contribution in [0.4, 0.5) is 5.69 Å². The molecule has 1 aliphatic rings. The highest BCUT2D eigenvalue weighted by Crippen LogP contribution is 2.34. The van der Waals surface area contributed by atoms with Crippen LogP contribution in [0.3, 0.4) is 0 Å². The van der Waals surface area contributed by atoms with E-state index in [1.807, 2.05) is 62.4 Å². The van der Waals surface area contributed by atoms with E-state index in [0.29, 0.717) is 17.7 Å². The predicted molar refractivity (Wildman–Crippen MR) is 138 cm³/mol. The van der Waals surface area contributed by atoms with E-state index in [4.69, 9.17) is 10.00 Å². The highest BCUT2D eigenvalue weighted by Gasteiger charge is 2.37. The van der Waals surface area contributed by atoms with Gasteiger partial charge in [-0.15, -0.1) is 0 Å². The first-order valence-electron chi connectivity index (χ1n) is 12.7. The molecule has 2 amide bonds. The number of unbranched alkanes of at least 4 members (excludes halogenated alkanes) is 3. The molecule has 7 nitrogen and oxygen atoms in total. The number of benzene rings is 2. The van der Waals surface area contributed by atoms with Crippen molar-refractivity contribution in [3.8, 4) is 6.07 Å². The summed E-state index contributed by atoms with van der Waals surface area (Å²) in [6.45, 7) is 5.72. The van der Waals surface area contributed by atoms with Gasteiger partial charge >= 0.3 is 5.97 Å². The highest BCUT2D eigenvalue weighted by atomic mass is 16.5. The van der Waals surface area contributed by atoms with Gasteiger partial charge in [-0.3, -0.25) is 14.4 Å². The molecule has 36 heavy (non-hydrogen) atoms. The Morgan fingerprint density at radius 2 is 1.83 bits per heavy atom. The lowest BCUT2D eigenvalue weighted by atomic mass is 9.99. The first-order valence-corrected chi connectivity index (χ1v) is 12.7. The Morgan fingerprint density at radius 1 is 1.08 bits per heavy atom. The molecular formula is C29H35N3O4. The molecule has 0 N–H and O–H groups in total. The van der Waals surface area contributed by atoms with Gasteiger partial charge in [0.25, 0.3) is 5.91 Å². The van der Waals surface area contributed by atoms with E-state index >= 15 is 0 Å². The molecule has 190 valence electrons. The van der Waals surface area contributed by atoms with Crippen molar-refractivity contribution in [3.63, 3.8) is 0 Å². The number of aryl methyl sites for hydroxylation is 1. The van der Waals surface area contributed by atoms with Crippen LogP contribution in [0.2, 0.25) is 0 Å². The molecule has 0 aliphatic carbocycles. The molecule has 2 aromatic carbocycles. The molecule has 7 heteroatoms. The minimum atomic E-state index is -0.628. The number of hydrogen-bond donors (Lipinski definition) is 0. The molecule has 1 heterocycles. The average molecular weight is 490 g/mol.